The van der Waals surface area contributed by atoms with Crippen molar-refractivity contribution < 1.29 is 23.8 Å². The fourth-order valence-corrected chi connectivity index (χ4v) is 3.75. The average Bonchev–Trinajstić information content (AvgIpc) is 3.34. The summed E-state index contributed by atoms with van der Waals surface area (Å²) >= 11 is 6.00. The van der Waals surface area contributed by atoms with Gasteiger partial charge in [0.05, 0.1) is 26.5 Å². The molecule has 0 aliphatic carbocycles. The maximum atomic E-state index is 12.9. The number of pyridine rings is 1. The monoisotopic (exact) mass is 506 g/mol. The van der Waals surface area contributed by atoms with Gasteiger partial charge in [0.1, 0.15) is 16.6 Å². The molecule has 36 heavy (non-hydrogen) atoms. The summed E-state index contributed by atoms with van der Waals surface area (Å²) < 4.78 is 17.4. The van der Waals surface area contributed by atoms with Crippen molar-refractivity contribution in [3.63, 3.8) is 0 Å². The molecule has 9 nitrogen and oxygen atoms in total. The Balaban J connectivity index is 1.73. The maximum absolute atomic E-state index is 12.9. The number of nitrogens with zero attached hydrogens (tertiary/aromatic N) is 3. The Hall–Kier alpha value is -4.37. The van der Waals surface area contributed by atoms with E-state index in [9.17, 15) is 9.59 Å². The highest BCUT2D eigenvalue weighted by Gasteiger charge is 2.20. The van der Waals surface area contributed by atoms with Crippen LogP contribution in [-0.4, -0.2) is 47.5 Å². The summed E-state index contributed by atoms with van der Waals surface area (Å²) in [6.45, 7) is 1.95. The van der Waals surface area contributed by atoms with Crippen LogP contribution < -0.4 is 14.8 Å². The molecule has 0 unspecified atom stereocenters. The lowest BCUT2D eigenvalue weighted by Crippen LogP contribution is -2.12. The van der Waals surface area contributed by atoms with Crippen molar-refractivity contribution in [1.29, 1.82) is 0 Å². The lowest BCUT2D eigenvalue weighted by molar-refractivity contribution is 0.0518. The van der Waals surface area contributed by atoms with Crippen molar-refractivity contribution in [2.24, 2.45) is 0 Å². The standard InChI is InChI=1S/C26H23ClN4O5/c1-4-36-26(33)19-15-21(31(30-19)20-10-5-6-11-22(20)34-2)16-8-7-9-18(12-16)28-25(32)17-13-23(27)29-24(14-17)35-3/h5-15H,4H2,1-3H3,(H,28,32). The smallest absolute Gasteiger partial charge is 0.358 e. The van der Waals surface area contributed by atoms with Crippen LogP contribution in [0.4, 0.5) is 5.69 Å². The Morgan fingerprint density at radius 1 is 1.00 bits per heavy atom. The van der Waals surface area contributed by atoms with Gasteiger partial charge >= 0.3 is 5.97 Å². The molecule has 0 aliphatic rings. The number of rotatable bonds is 8. The lowest BCUT2D eigenvalue weighted by Gasteiger charge is -2.13. The van der Waals surface area contributed by atoms with Gasteiger partial charge in [-0.3, -0.25) is 4.79 Å². The SMILES string of the molecule is CCOC(=O)c1cc(-c2cccc(NC(=O)c3cc(Cl)nc(OC)c3)c2)n(-c2ccccc2OC)n1. The molecule has 2 aromatic heterocycles. The number of ether oxygens (including phenoxy) is 3. The minimum Gasteiger partial charge on any atom is -0.494 e. The molecule has 0 saturated heterocycles. The Labute approximate surface area is 212 Å². The van der Waals surface area contributed by atoms with E-state index in [1.807, 2.05) is 24.3 Å². The predicted molar refractivity (Wildman–Crippen MR) is 135 cm³/mol. The van der Waals surface area contributed by atoms with Gasteiger partial charge in [0, 0.05) is 22.9 Å². The predicted octanol–water partition coefficient (Wildman–Crippen LogP) is 5.03. The number of amides is 1. The Kier molecular flexibility index (Phi) is 7.50. The van der Waals surface area contributed by atoms with Crippen molar-refractivity contribution in [2.45, 2.75) is 6.92 Å². The quantitative estimate of drug-likeness (QED) is 0.264. The van der Waals surface area contributed by atoms with Crippen LogP contribution in [-0.2, 0) is 4.74 Å². The molecule has 1 amide bonds. The van der Waals surface area contributed by atoms with E-state index in [0.717, 1.165) is 0 Å². The van der Waals surface area contributed by atoms with Crippen molar-refractivity contribution in [3.05, 3.63) is 83.1 Å². The minimum atomic E-state index is -0.541. The highest BCUT2D eigenvalue weighted by atomic mass is 35.5. The number of carbonyl (C=O) groups excluding carboxylic acids is 2. The van der Waals surface area contributed by atoms with E-state index < -0.39 is 5.97 Å². The number of hydrogen-bond donors (Lipinski definition) is 1. The van der Waals surface area contributed by atoms with Gasteiger partial charge in [-0.25, -0.2) is 14.5 Å². The second-order valence-corrected chi connectivity index (χ2v) is 7.86. The fourth-order valence-electron chi connectivity index (χ4n) is 3.55. The van der Waals surface area contributed by atoms with Gasteiger partial charge < -0.3 is 19.5 Å². The number of nitrogens with one attached hydrogen (secondary N) is 1. The number of anilines is 1. The first-order chi connectivity index (χ1) is 17.4. The van der Waals surface area contributed by atoms with E-state index in [2.05, 4.69) is 15.4 Å². The van der Waals surface area contributed by atoms with Gasteiger partial charge in [0.15, 0.2) is 5.69 Å². The number of para-hydroxylation sites is 2. The van der Waals surface area contributed by atoms with Crippen LogP contribution in [0.2, 0.25) is 5.15 Å². The summed E-state index contributed by atoms with van der Waals surface area (Å²) in [6.07, 6.45) is 0. The van der Waals surface area contributed by atoms with Crippen LogP contribution in [0.5, 0.6) is 11.6 Å². The van der Waals surface area contributed by atoms with Gasteiger partial charge in [-0.2, -0.15) is 5.10 Å². The lowest BCUT2D eigenvalue weighted by atomic mass is 10.1. The number of esters is 1. The third-order valence-corrected chi connectivity index (χ3v) is 5.36. The second kappa shape index (κ2) is 10.9. The maximum Gasteiger partial charge on any atom is 0.358 e. The Morgan fingerprint density at radius 2 is 1.81 bits per heavy atom. The van der Waals surface area contributed by atoms with Crippen molar-refractivity contribution in [2.75, 3.05) is 26.1 Å². The van der Waals surface area contributed by atoms with Crippen molar-refractivity contribution >= 4 is 29.2 Å². The molecule has 1 N–H and O–H groups in total. The van der Waals surface area contributed by atoms with Gasteiger partial charge in [-0.1, -0.05) is 35.9 Å². The van der Waals surface area contributed by atoms with Crippen LogP contribution in [0.15, 0.2) is 66.7 Å². The van der Waals surface area contributed by atoms with E-state index in [1.54, 1.807) is 49.0 Å². The summed E-state index contributed by atoms with van der Waals surface area (Å²) in [6, 6.07) is 19.1. The molecule has 0 aliphatic heterocycles. The largest absolute Gasteiger partial charge is 0.494 e. The van der Waals surface area contributed by atoms with E-state index in [-0.39, 0.29) is 29.2 Å². The third kappa shape index (κ3) is 5.31. The molecule has 0 radical (unpaired) electrons. The molecule has 4 aromatic rings. The fraction of sp³-hybridized carbons (Fsp3) is 0.154. The van der Waals surface area contributed by atoms with Crippen molar-refractivity contribution in [1.82, 2.24) is 14.8 Å². The van der Waals surface area contributed by atoms with Gasteiger partial charge in [-0.05, 0) is 43.3 Å². The first-order valence-electron chi connectivity index (χ1n) is 11.0. The molecule has 4 rings (SSSR count). The highest BCUT2D eigenvalue weighted by molar-refractivity contribution is 6.30. The molecule has 0 spiro atoms. The summed E-state index contributed by atoms with van der Waals surface area (Å²) in [5.74, 6) is -0.126. The van der Waals surface area contributed by atoms with E-state index in [1.165, 1.54) is 19.2 Å². The molecule has 2 aromatic carbocycles. The Morgan fingerprint density at radius 3 is 2.56 bits per heavy atom. The first-order valence-corrected chi connectivity index (χ1v) is 11.3. The molecule has 0 bridgehead atoms. The number of aromatic nitrogens is 3. The van der Waals surface area contributed by atoms with Crippen LogP contribution in [0.25, 0.3) is 16.9 Å². The zero-order valence-electron chi connectivity index (χ0n) is 19.8. The molecule has 2 heterocycles. The topological polar surface area (TPSA) is 105 Å². The van der Waals surface area contributed by atoms with E-state index in [4.69, 9.17) is 25.8 Å². The number of hydrogen-bond acceptors (Lipinski definition) is 7. The third-order valence-electron chi connectivity index (χ3n) is 5.17. The van der Waals surface area contributed by atoms with E-state index >= 15 is 0 Å². The Bertz CT molecular complexity index is 1420. The number of benzene rings is 2. The normalized spacial score (nSPS) is 10.6. The van der Waals surface area contributed by atoms with Gasteiger partial charge in [-0.15, -0.1) is 0 Å². The summed E-state index contributed by atoms with van der Waals surface area (Å²) in [7, 11) is 3.00. The molecule has 0 fully saturated rings. The van der Waals surface area contributed by atoms with Crippen LogP contribution in [0.1, 0.15) is 27.8 Å². The molecule has 184 valence electrons. The molecular formula is C26H23ClN4O5. The molecular weight excluding hydrogens is 484 g/mol. The number of carbonyl (C=O) groups is 2. The molecule has 0 saturated carbocycles. The zero-order chi connectivity index (χ0) is 25.7. The molecule has 0 atom stereocenters. The van der Waals surface area contributed by atoms with Gasteiger partial charge in [0.25, 0.3) is 5.91 Å². The zero-order valence-corrected chi connectivity index (χ0v) is 20.6. The summed E-state index contributed by atoms with van der Waals surface area (Å²) in [5.41, 5.74) is 2.90. The number of methoxy groups -OCH3 is 2. The molecule has 10 heteroatoms. The van der Waals surface area contributed by atoms with Gasteiger partial charge in [0.2, 0.25) is 5.88 Å². The number of halogens is 1. The highest BCUT2D eigenvalue weighted by Crippen LogP contribution is 2.31. The van der Waals surface area contributed by atoms with Crippen LogP contribution >= 0.6 is 11.6 Å². The van der Waals surface area contributed by atoms with Crippen LogP contribution in [0, 0.1) is 0 Å². The first kappa shape index (κ1) is 24.7. The van der Waals surface area contributed by atoms with E-state index in [0.29, 0.717) is 33.9 Å². The average molecular weight is 507 g/mol. The van der Waals surface area contributed by atoms with Crippen molar-refractivity contribution in [3.8, 4) is 28.6 Å². The summed E-state index contributed by atoms with van der Waals surface area (Å²) in [5, 5.41) is 7.48. The second-order valence-electron chi connectivity index (χ2n) is 7.47. The minimum absolute atomic E-state index is 0.139. The summed E-state index contributed by atoms with van der Waals surface area (Å²) in [4.78, 5) is 29.3. The van der Waals surface area contributed by atoms with Crippen LogP contribution in [0.3, 0.4) is 0 Å².